The fourth-order valence-electron chi connectivity index (χ4n) is 1.60. The van der Waals surface area contributed by atoms with Gasteiger partial charge in [0.05, 0.1) is 6.10 Å². The molecule has 0 saturated carbocycles. The molecule has 2 heteroatoms. The fourth-order valence-corrected chi connectivity index (χ4v) is 1.60. The number of aliphatic hydroxyl groups excluding tert-OH is 1. The topological polar surface area (TPSA) is 33.4 Å². The summed E-state index contributed by atoms with van der Waals surface area (Å²) in [6.07, 6.45) is -0.0585. The molecule has 2 nitrogen and oxygen atoms in total. The standard InChI is InChI=1S/C12H16O2/c1-5-6-7-11(13)12-8(2)9(3)14-10(12)4/h11,13H,7H2,1-4H3. The minimum absolute atomic E-state index is 0.469. The Morgan fingerprint density at radius 2 is 1.93 bits per heavy atom. The summed E-state index contributed by atoms with van der Waals surface area (Å²) < 4.78 is 5.44. The van der Waals surface area contributed by atoms with Gasteiger partial charge >= 0.3 is 0 Å². The molecular formula is C12H16O2. The first-order valence-electron chi connectivity index (χ1n) is 4.72. The van der Waals surface area contributed by atoms with E-state index in [9.17, 15) is 5.11 Å². The molecule has 0 aromatic carbocycles. The van der Waals surface area contributed by atoms with Crippen LogP contribution in [0.15, 0.2) is 4.42 Å². The van der Waals surface area contributed by atoms with Gasteiger partial charge in [-0.1, -0.05) is 0 Å². The first-order valence-corrected chi connectivity index (χ1v) is 4.72. The third-order valence-electron chi connectivity index (χ3n) is 2.42. The van der Waals surface area contributed by atoms with Crippen LogP contribution in [0.3, 0.4) is 0 Å². The van der Waals surface area contributed by atoms with Crippen molar-refractivity contribution in [1.29, 1.82) is 0 Å². The van der Waals surface area contributed by atoms with E-state index in [1.54, 1.807) is 6.92 Å². The van der Waals surface area contributed by atoms with Crippen LogP contribution in [0.2, 0.25) is 0 Å². The molecule has 1 heterocycles. The van der Waals surface area contributed by atoms with E-state index in [0.717, 1.165) is 22.6 Å². The van der Waals surface area contributed by atoms with Crippen molar-refractivity contribution in [1.82, 2.24) is 0 Å². The van der Waals surface area contributed by atoms with Crippen LogP contribution in [-0.2, 0) is 0 Å². The molecule has 0 radical (unpaired) electrons. The van der Waals surface area contributed by atoms with E-state index in [-0.39, 0.29) is 0 Å². The first-order chi connectivity index (χ1) is 6.57. The lowest BCUT2D eigenvalue weighted by atomic mass is 10.0. The molecule has 1 atom stereocenters. The zero-order valence-corrected chi connectivity index (χ0v) is 9.14. The Bertz CT molecular complexity index is 377. The van der Waals surface area contributed by atoms with E-state index in [2.05, 4.69) is 11.8 Å². The summed E-state index contributed by atoms with van der Waals surface area (Å²) in [7, 11) is 0. The lowest BCUT2D eigenvalue weighted by Crippen LogP contribution is -1.98. The van der Waals surface area contributed by atoms with Crippen LogP contribution in [0.1, 0.15) is 42.1 Å². The second kappa shape index (κ2) is 4.34. The van der Waals surface area contributed by atoms with E-state index in [4.69, 9.17) is 4.42 Å². The van der Waals surface area contributed by atoms with Crippen LogP contribution in [0.25, 0.3) is 0 Å². The molecule has 0 fully saturated rings. The zero-order chi connectivity index (χ0) is 10.7. The molecule has 1 aromatic rings. The largest absolute Gasteiger partial charge is 0.466 e. The molecule has 0 amide bonds. The molecule has 1 rings (SSSR count). The Labute approximate surface area is 84.9 Å². The molecule has 0 aliphatic heterocycles. The predicted molar refractivity (Wildman–Crippen MR) is 55.9 cm³/mol. The normalized spacial score (nSPS) is 12.1. The van der Waals surface area contributed by atoms with E-state index in [1.165, 1.54) is 0 Å². The monoisotopic (exact) mass is 192 g/mol. The second-order valence-corrected chi connectivity index (χ2v) is 3.40. The Balaban J connectivity index is 2.97. The number of furan rings is 1. The minimum atomic E-state index is -0.528. The molecule has 1 unspecified atom stereocenters. The molecule has 0 aliphatic rings. The van der Waals surface area contributed by atoms with Crippen molar-refractivity contribution >= 4 is 0 Å². The van der Waals surface area contributed by atoms with Gasteiger partial charge < -0.3 is 9.52 Å². The summed E-state index contributed by atoms with van der Waals surface area (Å²) in [5.41, 5.74) is 1.93. The Morgan fingerprint density at radius 1 is 1.29 bits per heavy atom. The van der Waals surface area contributed by atoms with Crippen LogP contribution in [0, 0.1) is 32.6 Å². The SMILES string of the molecule is CC#CCC(O)c1c(C)oc(C)c1C. The molecule has 0 spiro atoms. The highest BCUT2D eigenvalue weighted by atomic mass is 16.3. The van der Waals surface area contributed by atoms with Crippen LogP contribution in [0.5, 0.6) is 0 Å². The molecule has 14 heavy (non-hydrogen) atoms. The van der Waals surface area contributed by atoms with Crippen molar-refractivity contribution < 1.29 is 9.52 Å². The van der Waals surface area contributed by atoms with Crippen LogP contribution in [-0.4, -0.2) is 5.11 Å². The van der Waals surface area contributed by atoms with Crippen molar-refractivity contribution in [2.75, 3.05) is 0 Å². The van der Waals surface area contributed by atoms with Crippen molar-refractivity contribution in [2.45, 2.75) is 40.2 Å². The highest BCUT2D eigenvalue weighted by Gasteiger charge is 2.17. The molecule has 76 valence electrons. The lowest BCUT2D eigenvalue weighted by Gasteiger charge is -2.06. The van der Waals surface area contributed by atoms with Crippen molar-refractivity contribution in [3.63, 3.8) is 0 Å². The van der Waals surface area contributed by atoms with E-state index in [0.29, 0.717) is 6.42 Å². The van der Waals surface area contributed by atoms with Crippen LogP contribution < -0.4 is 0 Å². The summed E-state index contributed by atoms with van der Waals surface area (Å²) in [5, 5.41) is 9.86. The van der Waals surface area contributed by atoms with Gasteiger partial charge in [-0.05, 0) is 33.3 Å². The molecule has 0 aliphatic carbocycles. The number of rotatable bonds is 2. The third-order valence-corrected chi connectivity index (χ3v) is 2.42. The van der Waals surface area contributed by atoms with Gasteiger partial charge in [0, 0.05) is 12.0 Å². The van der Waals surface area contributed by atoms with Crippen LogP contribution >= 0.6 is 0 Å². The summed E-state index contributed by atoms with van der Waals surface area (Å²) in [5.74, 6) is 7.31. The average Bonchev–Trinajstić information content (AvgIpc) is 2.38. The minimum Gasteiger partial charge on any atom is -0.466 e. The van der Waals surface area contributed by atoms with Gasteiger partial charge in [-0.2, -0.15) is 0 Å². The van der Waals surface area contributed by atoms with Gasteiger partial charge in [-0.25, -0.2) is 0 Å². The van der Waals surface area contributed by atoms with Crippen molar-refractivity contribution in [3.8, 4) is 11.8 Å². The average molecular weight is 192 g/mol. The Morgan fingerprint density at radius 3 is 2.36 bits per heavy atom. The zero-order valence-electron chi connectivity index (χ0n) is 9.14. The molecule has 0 bridgehead atoms. The Kier molecular flexibility index (Phi) is 3.38. The predicted octanol–water partition coefficient (Wildman–Crippen LogP) is 2.65. The van der Waals surface area contributed by atoms with Crippen LogP contribution in [0.4, 0.5) is 0 Å². The van der Waals surface area contributed by atoms with Gasteiger partial charge in [0.15, 0.2) is 0 Å². The van der Waals surface area contributed by atoms with Gasteiger partial charge in [0.2, 0.25) is 0 Å². The fraction of sp³-hybridized carbons (Fsp3) is 0.500. The van der Waals surface area contributed by atoms with E-state index < -0.39 is 6.10 Å². The molecule has 1 N–H and O–H groups in total. The highest BCUT2D eigenvalue weighted by Crippen LogP contribution is 2.28. The lowest BCUT2D eigenvalue weighted by molar-refractivity contribution is 0.181. The third kappa shape index (κ3) is 2.00. The smallest absolute Gasteiger partial charge is 0.107 e. The first kappa shape index (κ1) is 10.9. The second-order valence-electron chi connectivity index (χ2n) is 3.40. The molecular weight excluding hydrogens is 176 g/mol. The number of hydrogen-bond donors (Lipinski definition) is 1. The van der Waals surface area contributed by atoms with Gasteiger partial charge in [0.25, 0.3) is 0 Å². The maximum atomic E-state index is 9.86. The number of aliphatic hydroxyl groups is 1. The summed E-state index contributed by atoms with van der Waals surface area (Å²) in [6.45, 7) is 7.51. The molecule has 1 aromatic heterocycles. The number of aryl methyl sites for hydroxylation is 2. The van der Waals surface area contributed by atoms with Crippen molar-refractivity contribution in [2.24, 2.45) is 0 Å². The highest BCUT2D eigenvalue weighted by molar-refractivity contribution is 5.33. The van der Waals surface area contributed by atoms with Crippen molar-refractivity contribution in [3.05, 3.63) is 22.6 Å². The molecule has 0 saturated heterocycles. The van der Waals surface area contributed by atoms with E-state index in [1.807, 2.05) is 20.8 Å². The maximum Gasteiger partial charge on any atom is 0.107 e. The van der Waals surface area contributed by atoms with Gasteiger partial charge in [-0.15, -0.1) is 11.8 Å². The quantitative estimate of drug-likeness (QED) is 0.731. The summed E-state index contributed by atoms with van der Waals surface area (Å²) in [6, 6.07) is 0. The number of hydrogen-bond acceptors (Lipinski definition) is 2. The maximum absolute atomic E-state index is 9.86. The van der Waals surface area contributed by atoms with Gasteiger partial charge in [-0.3, -0.25) is 0 Å². The summed E-state index contributed by atoms with van der Waals surface area (Å²) >= 11 is 0. The Hall–Kier alpha value is -1.20. The van der Waals surface area contributed by atoms with E-state index >= 15 is 0 Å². The summed E-state index contributed by atoms with van der Waals surface area (Å²) in [4.78, 5) is 0. The van der Waals surface area contributed by atoms with Gasteiger partial charge in [0.1, 0.15) is 11.5 Å².